The number of carbonyl (C=O) groups is 1. The molecule has 1 aliphatic rings. The molecule has 3 heteroatoms. The van der Waals surface area contributed by atoms with Crippen molar-refractivity contribution in [1.29, 1.82) is 0 Å². The summed E-state index contributed by atoms with van der Waals surface area (Å²) < 4.78 is 0. The molecule has 0 aromatic heterocycles. The van der Waals surface area contributed by atoms with Crippen molar-refractivity contribution in [3.8, 4) is 0 Å². The molecule has 3 atom stereocenters. The first kappa shape index (κ1) is 12.1. The van der Waals surface area contributed by atoms with E-state index in [1.54, 1.807) is 0 Å². The lowest BCUT2D eigenvalue weighted by molar-refractivity contribution is -0.122. The van der Waals surface area contributed by atoms with Crippen LogP contribution in [0, 0.1) is 5.92 Å². The van der Waals surface area contributed by atoms with Crippen LogP contribution in [0.1, 0.15) is 25.3 Å². The van der Waals surface area contributed by atoms with Gasteiger partial charge in [-0.1, -0.05) is 37.3 Å². The number of aryl methyl sites for hydroxylation is 1. The van der Waals surface area contributed by atoms with Gasteiger partial charge in [0.25, 0.3) is 0 Å². The number of rotatable bonds is 5. The van der Waals surface area contributed by atoms with E-state index in [9.17, 15) is 4.79 Å². The zero-order valence-corrected chi connectivity index (χ0v) is 10.2. The Kier molecular flexibility index (Phi) is 3.79. The third-order valence-electron chi connectivity index (χ3n) is 3.36. The summed E-state index contributed by atoms with van der Waals surface area (Å²) in [6, 6.07) is 10.1. The van der Waals surface area contributed by atoms with E-state index in [0.717, 1.165) is 12.8 Å². The van der Waals surface area contributed by atoms with Crippen LogP contribution in [-0.2, 0) is 11.2 Å². The summed E-state index contributed by atoms with van der Waals surface area (Å²) in [5.74, 6) is 0.621. The number of benzene rings is 1. The minimum atomic E-state index is -0.386. The molecule has 3 N–H and O–H groups in total. The minimum absolute atomic E-state index is 0.00437. The number of nitrogens with one attached hydrogen (secondary N) is 1. The Balaban J connectivity index is 1.73. The molecule has 0 saturated heterocycles. The third-order valence-corrected chi connectivity index (χ3v) is 3.36. The Morgan fingerprint density at radius 3 is 2.71 bits per heavy atom. The van der Waals surface area contributed by atoms with E-state index in [2.05, 4.69) is 24.4 Å². The zero-order chi connectivity index (χ0) is 12.3. The molecule has 1 aromatic carbocycles. The Labute approximate surface area is 102 Å². The van der Waals surface area contributed by atoms with Gasteiger partial charge in [-0.05, 0) is 30.7 Å². The number of hydrogen-bond acceptors (Lipinski definition) is 2. The van der Waals surface area contributed by atoms with Crippen LogP contribution in [0.3, 0.4) is 0 Å². The highest BCUT2D eigenvalue weighted by atomic mass is 16.2. The van der Waals surface area contributed by atoms with E-state index >= 15 is 0 Å². The maximum atomic E-state index is 11.7. The molecule has 1 saturated carbocycles. The van der Waals surface area contributed by atoms with Crippen molar-refractivity contribution in [3.05, 3.63) is 35.9 Å². The summed E-state index contributed by atoms with van der Waals surface area (Å²) in [7, 11) is 0. The molecule has 2 rings (SSSR count). The molecule has 17 heavy (non-hydrogen) atoms. The highest BCUT2D eigenvalue weighted by molar-refractivity contribution is 5.82. The largest absolute Gasteiger partial charge is 0.352 e. The van der Waals surface area contributed by atoms with Gasteiger partial charge in [0.15, 0.2) is 0 Å². The second kappa shape index (κ2) is 5.32. The standard InChI is InChI=1S/C14H20N2O/c1-10-9-13(10)16-14(17)12(15)8-7-11-5-3-2-4-6-11/h2-6,10,12-13H,7-9,15H2,1H3,(H,16,17)/t10?,12-,13?/m0/s1. The van der Waals surface area contributed by atoms with E-state index in [4.69, 9.17) is 5.73 Å². The molecule has 0 aliphatic heterocycles. The van der Waals surface area contributed by atoms with Crippen LogP contribution in [0.15, 0.2) is 30.3 Å². The lowest BCUT2D eigenvalue weighted by Gasteiger charge is -2.11. The summed E-state index contributed by atoms with van der Waals surface area (Å²) >= 11 is 0. The van der Waals surface area contributed by atoms with Gasteiger partial charge in [0.1, 0.15) is 0 Å². The lowest BCUT2D eigenvalue weighted by atomic mass is 10.1. The van der Waals surface area contributed by atoms with E-state index in [0.29, 0.717) is 18.4 Å². The molecule has 0 spiro atoms. The fraction of sp³-hybridized carbons (Fsp3) is 0.500. The van der Waals surface area contributed by atoms with Crippen LogP contribution in [-0.4, -0.2) is 18.0 Å². The summed E-state index contributed by atoms with van der Waals surface area (Å²) in [5, 5.41) is 2.98. The van der Waals surface area contributed by atoms with Crippen LogP contribution in [0.2, 0.25) is 0 Å². The van der Waals surface area contributed by atoms with Gasteiger partial charge < -0.3 is 11.1 Å². The molecule has 0 bridgehead atoms. The summed E-state index contributed by atoms with van der Waals surface area (Å²) in [5.41, 5.74) is 7.11. The van der Waals surface area contributed by atoms with E-state index < -0.39 is 0 Å². The van der Waals surface area contributed by atoms with Gasteiger partial charge in [0.2, 0.25) is 5.91 Å². The number of nitrogens with two attached hydrogens (primary N) is 1. The van der Waals surface area contributed by atoms with Gasteiger partial charge in [0, 0.05) is 6.04 Å². The van der Waals surface area contributed by atoms with E-state index in [1.165, 1.54) is 5.56 Å². The Morgan fingerprint density at radius 2 is 2.12 bits per heavy atom. The molecule has 0 heterocycles. The van der Waals surface area contributed by atoms with Crippen molar-refractivity contribution in [2.45, 2.75) is 38.3 Å². The molecule has 1 amide bonds. The summed E-state index contributed by atoms with van der Waals surface area (Å²) in [4.78, 5) is 11.7. The fourth-order valence-corrected chi connectivity index (χ4v) is 1.91. The molecular formula is C14H20N2O. The predicted molar refractivity (Wildman–Crippen MR) is 68.5 cm³/mol. The molecule has 2 unspecified atom stereocenters. The van der Waals surface area contributed by atoms with Gasteiger partial charge in [0.05, 0.1) is 6.04 Å². The Bertz CT molecular complexity index is 377. The van der Waals surface area contributed by atoms with Crippen LogP contribution in [0.25, 0.3) is 0 Å². The monoisotopic (exact) mass is 232 g/mol. The summed E-state index contributed by atoms with van der Waals surface area (Å²) in [6.45, 7) is 2.14. The van der Waals surface area contributed by atoms with Crippen LogP contribution in [0.4, 0.5) is 0 Å². The highest BCUT2D eigenvalue weighted by Crippen LogP contribution is 2.28. The van der Waals surface area contributed by atoms with E-state index in [-0.39, 0.29) is 11.9 Å². The first-order valence-electron chi connectivity index (χ1n) is 6.26. The fourth-order valence-electron chi connectivity index (χ4n) is 1.91. The maximum Gasteiger partial charge on any atom is 0.237 e. The first-order valence-corrected chi connectivity index (χ1v) is 6.26. The average molecular weight is 232 g/mol. The number of hydrogen-bond donors (Lipinski definition) is 2. The van der Waals surface area contributed by atoms with Gasteiger partial charge in [-0.25, -0.2) is 0 Å². The second-order valence-corrected chi connectivity index (χ2v) is 4.96. The van der Waals surface area contributed by atoms with Crippen molar-refractivity contribution >= 4 is 5.91 Å². The van der Waals surface area contributed by atoms with Crippen LogP contribution >= 0.6 is 0 Å². The SMILES string of the molecule is CC1CC1NC(=O)[C@@H](N)CCc1ccccc1. The van der Waals surface area contributed by atoms with Crippen molar-refractivity contribution in [2.75, 3.05) is 0 Å². The zero-order valence-electron chi connectivity index (χ0n) is 10.2. The molecule has 1 fully saturated rings. The molecule has 92 valence electrons. The summed E-state index contributed by atoms with van der Waals surface area (Å²) in [6.07, 6.45) is 2.66. The van der Waals surface area contributed by atoms with Crippen molar-refractivity contribution in [1.82, 2.24) is 5.32 Å². The topological polar surface area (TPSA) is 55.1 Å². The van der Waals surface area contributed by atoms with Crippen LogP contribution in [0.5, 0.6) is 0 Å². The number of amides is 1. The van der Waals surface area contributed by atoms with Gasteiger partial charge in [-0.15, -0.1) is 0 Å². The molecule has 1 aromatic rings. The smallest absolute Gasteiger partial charge is 0.237 e. The normalized spacial score (nSPS) is 24.1. The lowest BCUT2D eigenvalue weighted by Crippen LogP contribution is -2.42. The quantitative estimate of drug-likeness (QED) is 0.807. The molecule has 0 radical (unpaired) electrons. The van der Waals surface area contributed by atoms with Gasteiger partial charge in [-0.2, -0.15) is 0 Å². The minimum Gasteiger partial charge on any atom is -0.352 e. The molecular weight excluding hydrogens is 212 g/mol. The predicted octanol–water partition coefficient (Wildman–Crippen LogP) is 1.47. The number of carbonyl (C=O) groups excluding carboxylic acids is 1. The first-order chi connectivity index (χ1) is 8.16. The van der Waals surface area contributed by atoms with Gasteiger partial charge >= 0.3 is 0 Å². The second-order valence-electron chi connectivity index (χ2n) is 4.96. The average Bonchev–Trinajstić information content (AvgIpc) is 3.03. The van der Waals surface area contributed by atoms with Crippen molar-refractivity contribution in [3.63, 3.8) is 0 Å². The van der Waals surface area contributed by atoms with Crippen LogP contribution < -0.4 is 11.1 Å². The molecule has 1 aliphatic carbocycles. The molecule has 3 nitrogen and oxygen atoms in total. The Morgan fingerprint density at radius 1 is 1.47 bits per heavy atom. The van der Waals surface area contributed by atoms with Crippen molar-refractivity contribution < 1.29 is 4.79 Å². The maximum absolute atomic E-state index is 11.7. The van der Waals surface area contributed by atoms with Crippen molar-refractivity contribution in [2.24, 2.45) is 11.7 Å². The third kappa shape index (κ3) is 3.56. The highest BCUT2D eigenvalue weighted by Gasteiger charge is 2.34. The van der Waals surface area contributed by atoms with E-state index in [1.807, 2.05) is 18.2 Å². The Hall–Kier alpha value is -1.35. The van der Waals surface area contributed by atoms with Gasteiger partial charge in [-0.3, -0.25) is 4.79 Å².